The summed E-state index contributed by atoms with van der Waals surface area (Å²) in [6, 6.07) is 12.5. The van der Waals surface area contributed by atoms with Crippen LogP contribution in [0.3, 0.4) is 0 Å². The van der Waals surface area contributed by atoms with Crippen LogP contribution < -0.4 is 14.1 Å². The molecule has 0 bridgehead atoms. The van der Waals surface area contributed by atoms with Gasteiger partial charge >= 0.3 is 13.7 Å². The topological polar surface area (TPSA) is 117 Å². The Morgan fingerprint density at radius 1 is 1.00 bits per heavy atom. The number of para-hydroxylation sites is 1. The molecular formula is C25H33N2O7P. The van der Waals surface area contributed by atoms with Crippen molar-refractivity contribution in [3.05, 3.63) is 64.7 Å². The van der Waals surface area contributed by atoms with E-state index in [9.17, 15) is 19.5 Å². The van der Waals surface area contributed by atoms with Crippen LogP contribution >= 0.6 is 7.75 Å². The van der Waals surface area contributed by atoms with Gasteiger partial charge in [-0.15, -0.1) is 0 Å². The number of non-ortho nitro benzene ring substituents is 1. The monoisotopic (exact) mass is 504 g/mol. The SMILES string of the molecule is C[C@H](NP(=O)(Oc1ccccc1)Oc1ccc([N+](=O)[O-])cc1)C(=O)OC1CCC(C(C)(C)C)CC1. The highest BCUT2D eigenvalue weighted by Crippen LogP contribution is 2.46. The Morgan fingerprint density at radius 2 is 1.54 bits per heavy atom. The molecule has 2 aromatic carbocycles. The summed E-state index contributed by atoms with van der Waals surface area (Å²) in [4.78, 5) is 23.2. The van der Waals surface area contributed by atoms with Crippen molar-refractivity contribution < 1.29 is 28.1 Å². The van der Waals surface area contributed by atoms with Crippen LogP contribution in [0.1, 0.15) is 53.4 Å². The molecule has 0 amide bonds. The summed E-state index contributed by atoms with van der Waals surface area (Å²) in [5.41, 5.74) is 0.0859. The highest BCUT2D eigenvalue weighted by atomic mass is 31.2. The van der Waals surface area contributed by atoms with Crippen molar-refractivity contribution in [1.82, 2.24) is 5.09 Å². The fourth-order valence-electron chi connectivity index (χ4n) is 4.06. The molecule has 9 nitrogen and oxygen atoms in total. The Kier molecular flexibility index (Phi) is 8.56. The molecule has 0 aromatic heterocycles. The van der Waals surface area contributed by atoms with Gasteiger partial charge in [-0.3, -0.25) is 14.9 Å². The fraction of sp³-hybridized carbons (Fsp3) is 0.480. The number of nitro groups is 1. The highest BCUT2D eigenvalue weighted by molar-refractivity contribution is 7.52. The van der Waals surface area contributed by atoms with Crippen molar-refractivity contribution in [3.63, 3.8) is 0 Å². The Morgan fingerprint density at radius 3 is 2.06 bits per heavy atom. The van der Waals surface area contributed by atoms with E-state index in [4.69, 9.17) is 13.8 Å². The quantitative estimate of drug-likeness (QED) is 0.183. The number of carbonyl (C=O) groups excluding carboxylic acids is 1. The van der Waals surface area contributed by atoms with Crippen molar-refractivity contribution >= 4 is 19.4 Å². The lowest BCUT2D eigenvalue weighted by Crippen LogP contribution is -2.39. The lowest BCUT2D eigenvalue weighted by molar-refractivity contribution is -0.384. The molecule has 1 saturated carbocycles. The second-order valence-corrected chi connectivity index (χ2v) is 11.5. The second kappa shape index (κ2) is 11.2. The van der Waals surface area contributed by atoms with Gasteiger partial charge in [-0.25, -0.2) is 4.57 Å². The lowest BCUT2D eigenvalue weighted by atomic mass is 9.72. The van der Waals surface area contributed by atoms with Gasteiger partial charge in [0.15, 0.2) is 0 Å². The zero-order valence-corrected chi connectivity index (χ0v) is 21.4. The van der Waals surface area contributed by atoms with Crippen LogP contribution in [0.5, 0.6) is 11.5 Å². The van der Waals surface area contributed by atoms with Crippen molar-refractivity contribution in [2.24, 2.45) is 11.3 Å². The van der Waals surface area contributed by atoms with Gasteiger partial charge in [-0.05, 0) is 68.2 Å². The zero-order valence-electron chi connectivity index (χ0n) is 20.5. The Hall–Kier alpha value is -2.90. The van der Waals surface area contributed by atoms with Gasteiger partial charge in [0.25, 0.3) is 5.69 Å². The molecule has 0 aliphatic heterocycles. The summed E-state index contributed by atoms with van der Waals surface area (Å²) >= 11 is 0. The number of hydrogen-bond donors (Lipinski definition) is 1. The highest BCUT2D eigenvalue weighted by Gasteiger charge is 2.36. The van der Waals surface area contributed by atoms with Gasteiger partial charge in [0.05, 0.1) is 4.92 Å². The first-order valence-electron chi connectivity index (χ1n) is 11.7. The smallest absolute Gasteiger partial charge is 0.461 e. The molecular weight excluding hydrogens is 471 g/mol. The molecule has 1 aliphatic carbocycles. The Balaban J connectivity index is 1.67. The summed E-state index contributed by atoms with van der Waals surface area (Å²) in [7, 11) is -4.12. The number of benzene rings is 2. The molecule has 0 spiro atoms. The number of nitrogens with one attached hydrogen (secondary N) is 1. The van der Waals surface area contributed by atoms with E-state index < -0.39 is 24.7 Å². The van der Waals surface area contributed by atoms with Crippen LogP contribution in [-0.2, 0) is 14.1 Å². The number of nitro benzene ring substituents is 1. The fourth-order valence-corrected chi connectivity index (χ4v) is 5.58. The minimum Gasteiger partial charge on any atom is -0.461 e. The maximum Gasteiger partial charge on any atom is 0.513 e. The average molecular weight is 505 g/mol. The van der Waals surface area contributed by atoms with Gasteiger partial charge in [0.1, 0.15) is 23.6 Å². The van der Waals surface area contributed by atoms with E-state index in [0.717, 1.165) is 25.7 Å². The van der Waals surface area contributed by atoms with Crippen LogP contribution in [0, 0.1) is 21.4 Å². The van der Waals surface area contributed by atoms with Gasteiger partial charge in [-0.2, -0.15) is 5.09 Å². The molecule has 0 saturated heterocycles. The summed E-state index contributed by atoms with van der Waals surface area (Å²) in [6.07, 6.45) is 3.37. The molecule has 1 N–H and O–H groups in total. The summed E-state index contributed by atoms with van der Waals surface area (Å²) < 4.78 is 30.5. The predicted molar refractivity (Wildman–Crippen MR) is 132 cm³/mol. The zero-order chi connectivity index (χ0) is 25.6. The molecule has 2 aromatic rings. The van der Waals surface area contributed by atoms with E-state index in [1.807, 2.05) is 0 Å². The predicted octanol–water partition coefficient (Wildman–Crippen LogP) is 6.29. The average Bonchev–Trinajstić information content (AvgIpc) is 2.79. The lowest BCUT2D eigenvalue weighted by Gasteiger charge is -2.36. The second-order valence-electron chi connectivity index (χ2n) is 9.87. The third-order valence-corrected chi connectivity index (χ3v) is 7.73. The first-order chi connectivity index (χ1) is 16.4. The third-order valence-electron chi connectivity index (χ3n) is 6.13. The molecule has 35 heavy (non-hydrogen) atoms. The van der Waals surface area contributed by atoms with E-state index in [2.05, 4.69) is 25.9 Å². The number of esters is 1. The number of hydrogen-bond acceptors (Lipinski definition) is 7. The Labute approximate surface area is 205 Å². The van der Waals surface area contributed by atoms with Gasteiger partial charge in [0, 0.05) is 12.1 Å². The van der Waals surface area contributed by atoms with Crippen LogP contribution in [0.15, 0.2) is 54.6 Å². The van der Waals surface area contributed by atoms with E-state index >= 15 is 0 Å². The van der Waals surface area contributed by atoms with Crippen molar-refractivity contribution in [1.29, 1.82) is 0 Å². The van der Waals surface area contributed by atoms with Crippen molar-refractivity contribution in [2.75, 3.05) is 0 Å². The maximum atomic E-state index is 13.6. The standard InChI is InChI=1S/C25H33N2O7P/c1-18(24(28)32-21-14-10-19(11-15-21)25(2,3)4)26-35(31,33-22-8-6-5-7-9-22)34-23-16-12-20(13-17-23)27(29)30/h5-9,12-13,16-19,21H,10-11,14-15H2,1-4H3,(H,26,31)/t18-,19?,21?,35?/m0/s1. The van der Waals surface area contributed by atoms with E-state index in [1.165, 1.54) is 31.2 Å². The minimum atomic E-state index is -4.12. The molecule has 10 heteroatoms. The van der Waals surface area contributed by atoms with Crippen LogP contribution in [0.4, 0.5) is 5.69 Å². The Bertz CT molecular complexity index is 1050. The third kappa shape index (κ3) is 7.80. The van der Waals surface area contributed by atoms with E-state index in [0.29, 0.717) is 5.92 Å². The van der Waals surface area contributed by atoms with Crippen LogP contribution in [-0.4, -0.2) is 23.0 Å². The first kappa shape index (κ1) is 26.7. The van der Waals surface area contributed by atoms with Crippen LogP contribution in [0.25, 0.3) is 0 Å². The van der Waals surface area contributed by atoms with Gasteiger partial charge in [0.2, 0.25) is 0 Å². The van der Waals surface area contributed by atoms with Crippen LogP contribution in [0.2, 0.25) is 0 Å². The normalized spacial score (nSPS) is 20.8. The molecule has 3 rings (SSSR count). The van der Waals surface area contributed by atoms with Gasteiger partial charge in [-0.1, -0.05) is 39.0 Å². The summed E-state index contributed by atoms with van der Waals surface area (Å²) in [6.45, 7) is 8.21. The van der Waals surface area contributed by atoms with Crippen molar-refractivity contribution in [2.45, 2.75) is 65.5 Å². The molecule has 0 heterocycles. The maximum absolute atomic E-state index is 13.6. The molecule has 1 unspecified atom stereocenters. The number of carbonyl (C=O) groups is 1. The van der Waals surface area contributed by atoms with E-state index in [1.54, 1.807) is 30.3 Å². The molecule has 190 valence electrons. The number of rotatable bonds is 9. The number of nitrogens with zero attached hydrogens (tertiary/aromatic N) is 1. The molecule has 1 aliphatic rings. The molecule has 2 atom stereocenters. The number of ether oxygens (including phenoxy) is 1. The largest absolute Gasteiger partial charge is 0.513 e. The summed E-state index contributed by atoms with van der Waals surface area (Å²) in [5.74, 6) is 0.394. The molecule has 1 fully saturated rings. The van der Waals surface area contributed by atoms with E-state index in [-0.39, 0.29) is 28.7 Å². The first-order valence-corrected chi connectivity index (χ1v) is 13.3. The summed E-state index contributed by atoms with van der Waals surface area (Å²) in [5, 5.41) is 13.6. The van der Waals surface area contributed by atoms with Gasteiger partial charge < -0.3 is 13.8 Å². The molecule has 0 radical (unpaired) electrons. The van der Waals surface area contributed by atoms with Crippen molar-refractivity contribution in [3.8, 4) is 11.5 Å². The minimum absolute atomic E-state index is 0.0865.